The molecule has 2 aliphatic heterocycles. The lowest BCUT2D eigenvalue weighted by molar-refractivity contribution is -0.123. The van der Waals surface area contributed by atoms with E-state index >= 15 is 0 Å². The second kappa shape index (κ2) is 6.97. The predicted molar refractivity (Wildman–Crippen MR) is 66.8 cm³/mol. The largest absolute Gasteiger partial charge is 0.381 e. The molecule has 2 heterocycles. The molecule has 4 heteroatoms. The number of amides is 1. The summed E-state index contributed by atoms with van der Waals surface area (Å²) in [4.78, 5) is 11.8. The molecular weight excluding hydrogens is 216 g/mol. The van der Waals surface area contributed by atoms with Crippen molar-refractivity contribution in [2.24, 2.45) is 11.8 Å². The first-order valence-corrected chi connectivity index (χ1v) is 6.90. The van der Waals surface area contributed by atoms with Gasteiger partial charge in [0.15, 0.2) is 0 Å². The molecule has 0 aromatic rings. The van der Waals surface area contributed by atoms with Crippen molar-refractivity contribution in [2.75, 3.05) is 32.8 Å². The SMILES string of the molecule is O=C(CC1CCCOC1)NCC1CCNCC1. The summed E-state index contributed by atoms with van der Waals surface area (Å²) in [5.41, 5.74) is 0. The van der Waals surface area contributed by atoms with Gasteiger partial charge in [-0.15, -0.1) is 0 Å². The minimum Gasteiger partial charge on any atom is -0.381 e. The number of carbonyl (C=O) groups is 1. The maximum atomic E-state index is 11.8. The van der Waals surface area contributed by atoms with Crippen molar-refractivity contribution in [3.05, 3.63) is 0 Å². The summed E-state index contributed by atoms with van der Waals surface area (Å²) in [5, 5.41) is 6.42. The van der Waals surface area contributed by atoms with Gasteiger partial charge in [0.25, 0.3) is 0 Å². The van der Waals surface area contributed by atoms with Crippen LogP contribution in [0.4, 0.5) is 0 Å². The van der Waals surface area contributed by atoms with Gasteiger partial charge in [-0.1, -0.05) is 0 Å². The Labute approximate surface area is 103 Å². The number of carbonyl (C=O) groups excluding carboxylic acids is 1. The lowest BCUT2D eigenvalue weighted by Crippen LogP contribution is -2.37. The summed E-state index contributed by atoms with van der Waals surface area (Å²) < 4.78 is 5.39. The van der Waals surface area contributed by atoms with Gasteiger partial charge in [-0.25, -0.2) is 0 Å². The van der Waals surface area contributed by atoms with Gasteiger partial charge in [-0.3, -0.25) is 4.79 Å². The van der Waals surface area contributed by atoms with Crippen LogP contribution in [0.3, 0.4) is 0 Å². The van der Waals surface area contributed by atoms with E-state index in [9.17, 15) is 4.79 Å². The Morgan fingerprint density at radius 3 is 2.76 bits per heavy atom. The van der Waals surface area contributed by atoms with Crippen molar-refractivity contribution in [1.29, 1.82) is 0 Å². The highest BCUT2D eigenvalue weighted by Gasteiger charge is 2.18. The first kappa shape index (κ1) is 12.8. The van der Waals surface area contributed by atoms with Crippen molar-refractivity contribution in [3.8, 4) is 0 Å². The highest BCUT2D eigenvalue weighted by molar-refractivity contribution is 5.76. The Balaban J connectivity index is 1.59. The van der Waals surface area contributed by atoms with Crippen molar-refractivity contribution in [1.82, 2.24) is 10.6 Å². The number of ether oxygens (including phenoxy) is 1. The van der Waals surface area contributed by atoms with E-state index in [2.05, 4.69) is 10.6 Å². The average Bonchev–Trinajstić information content (AvgIpc) is 2.39. The molecule has 0 aliphatic carbocycles. The van der Waals surface area contributed by atoms with E-state index < -0.39 is 0 Å². The molecule has 0 aromatic heterocycles. The molecule has 17 heavy (non-hydrogen) atoms. The van der Waals surface area contributed by atoms with Gasteiger partial charge in [0.2, 0.25) is 5.91 Å². The number of hydrogen-bond acceptors (Lipinski definition) is 3. The zero-order valence-electron chi connectivity index (χ0n) is 10.5. The van der Waals surface area contributed by atoms with Gasteiger partial charge in [0, 0.05) is 26.2 Å². The van der Waals surface area contributed by atoms with Crippen molar-refractivity contribution < 1.29 is 9.53 Å². The molecule has 1 amide bonds. The van der Waals surface area contributed by atoms with Crippen LogP contribution >= 0.6 is 0 Å². The monoisotopic (exact) mass is 240 g/mol. The zero-order valence-corrected chi connectivity index (χ0v) is 10.5. The highest BCUT2D eigenvalue weighted by Crippen LogP contribution is 2.17. The molecule has 1 unspecified atom stereocenters. The van der Waals surface area contributed by atoms with E-state index in [4.69, 9.17) is 4.74 Å². The summed E-state index contributed by atoms with van der Waals surface area (Å²) in [6.45, 7) is 4.68. The summed E-state index contributed by atoms with van der Waals surface area (Å²) in [6.07, 6.45) is 5.26. The average molecular weight is 240 g/mol. The molecule has 2 saturated heterocycles. The number of nitrogens with one attached hydrogen (secondary N) is 2. The van der Waals surface area contributed by atoms with E-state index in [1.165, 1.54) is 12.8 Å². The molecule has 2 aliphatic rings. The molecule has 0 bridgehead atoms. The predicted octanol–water partition coefficient (Wildman–Crippen LogP) is 0.919. The molecule has 0 saturated carbocycles. The molecule has 1 atom stereocenters. The zero-order chi connectivity index (χ0) is 11.9. The molecule has 98 valence electrons. The molecule has 2 fully saturated rings. The van der Waals surface area contributed by atoms with Gasteiger partial charge in [0.05, 0.1) is 0 Å². The van der Waals surface area contributed by atoms with Gasteiger partial charge >= 0.3 is 0 Å². The maximum absolute atomic E-state index is 11.8. The van der Waals surface area contributed by atoms with Crippen LogP contribution in [0.2, 0.25) is 0 Å². The molecule has 0 aromatic carbocycles. The second-order valence-electron chi connectivity index (χ2n) is 5.28. The Morgan fingerprint density at radius 1 is 1.24 bits per heavy atom. The van der Waals surface area contributed by atoms with Crippen molar-refractivity contribution in [2.45, 2.75) is 32.1 Å². The third-order valence-corrected chi connectivity index (χ3v) is 3.78. The second-order valence-corrected chi connectivity index (χ2v) is 5.28. The molecule has 4 nitrogen and oxygen atoms in total. The van der Waals surface area contributed by atoms with Crippen LogP contribution in [0, 0.1) is 11.8 Å². The fraction of sp³-hybridized carbons (Fsp3) is 0.923. The van der Waals surface area contributed by atoms with Gasteiger partial charge in [-0.2, -0.15) is 0 Å². The smallest absolute Gasteiger partial charge is 0.220 e. The summed E-state index contributed by atoms with van der Waals surface area (Å²) in [5.74, 6) is 1.32. The van der Waals surface area contributed by atoms with E-state index in [1.807, 2.05) is 0 Å². The fourth-order valence-corrected chi connectivity index (χ4v) is 2.65. The first-order valence-electron chi connectivity index (χ1n) is 6.90. The van der Waals surface area contributed by atoms with Crippen molar-refractivity contribution in [3.63, 3.8) is 0 Å². The third-order valence-electron chi connectivity index (χ3n) is 3.78. The Bertz CT molecular complexity index is 234. The maximum Gasteiger partial charge on any atom is 0.220 e. The minimum atomic E-state index is 0.207. The number of piperidine rings is 1. The fourth-order valence-electron chi connectivity index (χ4n) is 2.65. The summed E-state index contributed by atoms with van der Waals surface area (Å²) >= 11 is 0. The molecule has 0 spiro atoms. The minimum absolute atomic E-state index is 0.207. The van der Waals surface area contributed by atoms with Gasteiger partial charge < -0.3 is 15.4 Å². The number of hydrogen-bond donors (Lipinski definition) is 2. The van der Waals surface area contributed by atoms with E-state index in [-0.39, 0.29) is 5.91 Å². The Morgan fingerprint density at radius 2 is 2.06 bits per heavy atom. The normalized spacial score (nSPS) is 26.7. The molecular formula is C13H24N2O2. The third kappa shape index (κ3) is 4.64. The molecule has 2 rings (SSSR count). The van der Waals surface area contributed by atoms with E-state index in [0.29, 0.717) is 18.3 Å². The van der Waals surface area contributed by atoms with Crippen LogP contribution in [0.1, 0.15) is 32.1 Å². The van der Waals surface area contributed by atoms with Gasteiger partial charge in [0.1, 0.15) is 0 Å². The molecule has 2 N–H and O–H groups in total. The van der Waals surface area contributed by atoms with Crippen LogP contribution in [0.15, 0.2) is 0 Å². The topological polar surface area (TPSA) is 50.4 Å². The van der Waals surface area contributed by atoms with E-state index in [1.54, 1.807) is 0 Å². The molecule has 0 radical (unpaired) electrons. The Kier molecular flexibility index (Phi) is 5.26. The highest BCUT2D eigenvalue weighted by atomic mass is 16.5. The van der Waals surface area contributed by atoms with Crippen LogP contribution in [0.5, 0.6) is 0 Å². The van der Waals surface area contributed by atoms with Crippen LogP contribution in [-0.4, -0.2) is 38.8 Å². The van der Waals surface area contributed by atoms with Crippen LogP contribution in [0.25, 0.3) is 0 Å². The van der Waals surface area contributed by atoms with Crippen molar-refractivity contribution >= 4 is 5.91 Å². The van der Waals surface area contributed by atoms with E-state index in [0.717, 1.165) is 45.7 Å². The number of rotatable bonds is 4. The first-order chi connectivity index (χ1) is 8.34. The lowest BCUT2D eigenvalue weighted by atomic mass is 9.96. The lowest BCUT2D eigenvalue weighted by Gasteiger charge is -2.24. The van der Waals surface area contributed by atoms with Crippen LogP contribution in [-0.2, 0) is 9.53 Å². The summed E-state index contributed by atoms with van der Waals surface area (Å²) in [6, 6.07) is 0. The summed E-state index contributed by atoms with van der Waals surface area (Å²) in [7, 11) is 0. The quantitative estimate of drug-likeness (QED) is 0.768. The standard InChI is InChI=1S/C13H24N2O2/c16-13(8-12-2-1-7-17-10-12)15-9-11-3-5-14-6-4-11/h11-12,14H,1-10H2,(H,15,16). The van der Waals surface area contributed by atoms with Gasteiger partial charge in [-0.05, 0) is 50.6 Å². The van der Waals surface area contributed by atoms with Crippen LogP contribution < -0.4 is 10.6 Å². The Hall–Kier alpha value is -0.610.